The summed E-state index contributed by atoms with van der Waals surface area (Å²) in [6.07, 6.45) is 1.31. The fraction of sp³-hybridized carbons (Fsp3) is 0.552. The van der Waals surface area contributed by atoms with Crippen LogP contribution in [0.3, 0.4) is 0 Å². The Kier molecular flexibility index (Phi) is 8.98. The number of thiazole rings is 1. The van der Waals surface area contributed by atoms with Crippen LogP contribution in [0.5, 0.6) is 0 Å². The van der Waals surface area contributed by atoms with Crippen molar-refractivity contribution in [3.05, 3.63) is 34.5 Å². The molecule has 0 spiro atoms. The highest BCUT2D eigenvalue weighted by Gasteiger charge is 2.32. The zero-order chi connectivity index (χ0) is 28.5. The van der Waals surface area contributed by atoms with Crippen molar-refractivity contribution in [1.29, 1.82) is 0 Å². The molecule has 0 aliphatic carbocycles. The Morgan fingerprint density at radius 3 is 2.64 bits per heavy atom. The minimum absolute atomic E-state index is 0.00432. The van der Waals surface area contributed by atoms with Crippen molar-refractivity contribution in [3.63, 3.8) is 0 Å². The van der Waals surface area contributed by atoms with Gasteiger partial charge in [-0.05, 0) is 72.1 Å². The van der Waals surface area contributed by atoms with E-state index in [0.717, 1.165) is 46.2 Å². The molecule has 10 heteroatoms. The van der Waals surface area contributed by atoms with Crippen molar-refractivity contribution >= 4 is 49.9 Å². The first-order valence-electron chi connectivity index (χ1n) is 13.6. The summed E-state index contributed by atoms with van der Waals surface area (Å²) in [5.41, 5.74) is 2.36. The Morgan fingerprint density at radius 1 is 1.23 bits per heavy atom. The molecule has 0 bridgehead atoms. The molecule has 1 N–H and O–H groups in total. The number of amides is 2. The molecular formula is C29H39FN4O3S2. The number of aromatic nitrogens is 1. The number of carbonyl (C=O) groups excluding carboxylic acids is 2. The lowest BCUT2D eigenvalue weighted by molar-refractivity contribution is -0.116. The second-order valence-electron chi connectivity index (χ2n) is 11.4. The summed E-state index contributed by atoms with van der Waals surface area (Å²) >= 11 is 3.08. The first-order valence-corrected chi connectivity index (χ1v) is 15.2. The van der Waals surface area contributed by atoms with Crippen molar-refractivity contribution in [3.8, 4) is 10.6 Å². The third-order valence-electron chi connectivity index (χ3n) is 7.14. The molecule has 212 valence electrons. The van der Waals surface area contributed by atoms with Crippen LogP contribution >= 0.6 is 22.7 Å². The minimum atomic E-state index is -0.410. The van der Waals surface area contributed by atoms with Gasteiger partial charge in [0, 0.05) is 47.2 Å². The average Bonchev–Trinajstić information content (AvgIpc) is 3.42. The summed E-state index contributed by atoms with van der Waals surface area (Å²) < 4.78 is 20.3. The average molecular weight is 575 g/mol. The zero-order valence-electron chi connectivity index (χ0n) is 23.9. The summed E-state index contributed by atoms with van der Waals surface area (Å²) in [7, 11) is 0. The van der Waals surface area contributed by atoms with E-state index >= 15 is 0 Å². The topological polar surface area (TPSA) is 74.8 Å². The molecule has 1 aromatic carbocycles. The van der Waals surface area contributed by atoms with Gasteiger partial charge in [-0.3, -0.25) is 9.69 Å². The number of nitrogens with one attached hydrogen (secondary N) is 1. The van der Waals surface area contributed by atoms with Gasteiger partial charge >= 0.3 is 6.09 Å². The number of anilines is 1. The lowest BCUT2D eigenvalue weighted by Crippen LogP contribution is -2.50. The van der Waals surface area contributed by atoms with Crippen LogP contribution in [-0.2, 0) is 22.5 Å². The number of benzene rings is 1. The van der Waals surface area contributed by atoms with Gasteiger partial charge in [-0.25, -0.2) is 14.2 Å². The molecule has 0 saturated carbocycles. The van der Waals surface area contributed by atoms with Gasteiger partial charge in [0.2, 0.25) is 5.91 Å². The molecular weight excluding hydrogens is 535 g/mol. The monoisotopic (exact) mass is 574 g/mol. The summed E-state index contributed by atoms with van der Waals surface area (Å²) in [6, 6.07) is 5.09. The van der Waals surface area contributed by atoms with Crippen LogP contribution < -0.4 is 5.32 Å². The van der Waals surface area contributed by atoms with Gasteiger partial charge in [0.15, 0.2) is 0 Å². The fourth-order valence-electron chi connectivity index (χ4n) is 4.97. The van der Waals surface area contributed by atoms with Gasteiger partial charge in [-0.2, -0.15) is 0 Å². The van der Waals surface area contributed by atoms with E-state index < -0.39 is 6.09 Å². The van der Waals surface area contributed by atoms with Crippen LogP contribution in [-0.4, -0.2) is 57.6 Å². The minimum Gasteiger partial charge on any atom is -0.449 e. The quantitative estimate of drug-likeness (QED) is 0.306. The smallest absolute Gasteiger partial charge is 0.410 e. The van der Waals surface area contributed by atoms with Crippen LogP contribution in [0.2, 0.25) is 0 Å². The molecule has 0 saturated heterocycles. The van der Waals surface area contributed by atoms with Gasteiger partial charge in [-0.1, -0.05) is 6.92 Å². The van der Waals surface area contributed by atoms with Crippen LogP contribution in [0.1, 0.15) is 71.7 Å². The standard InChI is InChI=1S/C29H39FN4O3S2/c1-8-18(4)34(29(5,6)7)28(36)37-14-12-24(35)32-27-25(20-11-13-33(17(2)3)16-23(20)39-27)26-31-21-15-19(30)9-10-22(21)38-26/h9-10,15,17-18H,8,11-14,16H2,1-7H3,(H,32,35). The summed E-state index contributed by atoms with van der Waals surface area (Å²) in [4.78, 5) is 36.0. The number of halogens is 1. The van der Waals surface area contributed by atoms with Crippen molar-refractivity contribution < 1.29 is 18.7 Å². The number of nitrogens with zero attached hydrogens (tertiary/aromatic N) is 3. The zero-order valence-corrected chi connectivity index (χ0v) is 25.5. The Labute approximate surface area is 238 Å². The summed E-state index contributed by atoms with van der Waals surface area (Å²) in [6.45, 7) is 16.1. The molecule has 39 heavy (non-hydrogen) atoms. The van der Waals surface area contributed by atoms with Gasteiger partial charge in [0.1, 0.15) is 22.4 Å². The molecule has 0 radical (unpaired) electrons. The van der Waals surface area contributed by atoms with Crippen LogP contribution in [0.15, 0.2) is 18.2 Å². The third-order valence-corrected chi connectivity index (χ3v) is 9.32. The number of fused-ring (bicyclic) bond motifs is 2. The summed E-state index contributed by atoms with van der Waals surface area (Å²) in [5.74, 6) is -0.540. The normalized spacial score (nSPS) is 14.9. The van der Waals surface area contributed by atoms with E-state index in [4.69, 9.17) is 9.72 Å². The van der Waals surface area contributed by atoms with Crippen LogP contribution in [0.4, 0.5) is 14.2 Å². The maximum Gasteiger partial charge on any atom is 0.410 e. The van der Waals surface area contributed by atoms with E-state index in [2.05, 4.69) is 24.1 Å². The van der Waals surface area contributed by atoms with E-state index in [0.29, 0.717) is 11.6 Å². The molecule has 1 aliphatic heterocycles. The van der Waals surface area contributed by atoms with Crippen molar-refractivity contribution in [2.24, 2.45) is 0 Å². The van der Waals surface area contributed by atoms with Crippen molar-refractivity contribution in [2.75, 3.05) is 18.5 Å². The van der Waals surface area contributed by atoms with E-state index in [1.54, 1.807) is 22.3 Å². The van der Waals surface area contributed by atoms with E-state index in [9.17, 15) is 14.0 Å². The molecule has 1 atom stereocenters. The van der Waals surface area contributed by atoms with Crippen molar-refractivity contribution in [1.82, 2.24) is 14.8 Å². The fourth-order valence-corrected chi connectivity index (χ4v) is 7.35. The number of hydrogen-bond acceptors (Lipinski definition) is 7. The highest BCUT2D eigenvalue weighted by molar-refractivity contribution is 7.22. The van der Waals surface area contributed by atoms with E-state index in [1.165, 1.54) is 33.9 Å². The van der Waals surface area contributed by atoms with Crippen LogP contribution in [0, 0.1) is 5.82 Å². The third kappa shape index (κ3) is 6.61. The predicted molar refractivity (Wildman–Crippen MR) is 158 cm³/mol. The van der Waals surface area contributed by atoms with E-state index in [1.807, 2.05) is 34.6 Å². The number of rotatable bonds is 8. The molecule has 2 amide bonds. The lowest BCUT2D eigenvalue weighted by Gasteiger charge is -2.39. The molecule has 2 aromatic heterocycles. The maximum atomic E-state index is 13.9. The number of thiophene rings is 1. The Hall–Kier alpha value is -2.56. The largest absolute Gasteiger partial charge is 0.449 e. The second kappa shape index (κ2) is 11.9. The Balaban J connectivity index is 1.53. The molecule has 3 aromatic rings. The molecule has 7 nitrogen and oxygen atoms in total. The van der Waals surface area contributed by atoms with Crippen molar-refractivity contribution in [2.45, 2.75) is 91.9 Å². The maximum absolute atomic E-state index is 13.9. The van der Waals surface area contributed by atoms with Gasteiger partial charge in [0.25, 0.3) is 0 Å². The SMILES string of the molecule is CCC(C)N(C(=O)OCCC(=O)Nc1sc2c(c1-c1nc3cc(F)ccc3s1)CCN(C(C)C)C2)C(C)(C)C. The van der Waals surface area contributed by atoms with Gasteiger partial charge in [0.05, 0.1) is 16.6 Å². The number of carbonyl (C=O) groups is 2. The predicted octanol–water partition coefficient (Wildman–Crippen LogP) is 7.29. The molecule has 0 fully saturated rings. The van der Waals surface area contributed by atoms with Gasteiger partial charge in [-0.15, -0.1) is 22.7 Å². The van der Waals surface area contributed by atoms with E-state index in [-0.39, 0.29) is 36.3 Å². The van der Waals surface area contributed by atoms with Crippen LogP contribution in [0.25, 0.3) is 20.8 Å². The molecule has 1 unspecified atom stereocenters. The highest BCUT2D eigenvalue weighted by Crippen LogP contribution is 2.46. The lowest BCUT2D eigenvalue weighted by atomic mass is 10.0. The highest BCUT2D eigenvalue weighted by atomic mass is 32.1. The Bertz CT molecular complexity index is 1340. The number of hydrogen-bond donors (Lipinski definition) is 1. The first kappa shape index (κ1) is 29.4. The molecule has 1 aliphatic rings. The summed E-state index contributed by atoms with van der Waals surface area (Å²) in [5, 5.41) is 4.61. The van der Waals surface area contributed by atoms with Gasteiger partial charge < -0.3 is 15.0 Å². The second-order valence-corrected chi connectivity index (χ2v) is 13.5. The number of ether oxygens (including phenoxy) is 1. The first-order chi connectivity index (χ1) is 18.4. The Morgan fingerprint density at radius 2 is 1.97 bits per heavy atom. The molecule has 3 heterocycles. The molecule has 4 rings (SSSR count).